The molecule has 0 radical (unpaired) electrons. The average molecular weight is 383 g/mol. The minimum Gasteiger partial charge on any atom is -0.454 e. The minimum absolute atomic E-state index is 0.0997. The first-order valence-corrected chi connectivity index (χ1v) is 10.2. The molecule has 2 aliphatic heterocycles. The van der Waals surface area contributed by atoms with E-state index < -0.39 is 0 Å². The zero-order chi connectivity index (χ0) is 19.6. The van der Waals surface area contributed by atoms with Gasteiger partial charge in [0.05, 0.1) is 0 Å². The molecule has 1 aromatic carbocycles. The number of hydrogen-bond donors (Lipinski definition) is 0. The summed E-state index contributed by atoms with van der Waals surface area (Å²) in [5, 5.41) is 0. The number of aryl methyl sites for hydroxylation is 2. The topological polar surface area (TPSA) is 56.6 Å². The van der Waals surface area contributed by atoms with Crippen molar-refractivity contribution in [2.75, 3.05) is 19.9 Å². The van der Waals surface area contributed by atoms with Gasteiger partial charge in [-0.1, -0.05) is 13.0 Å². The van der Waals surface area contributed by atoms with Crippen LogP contribution in [0.4, 0.5) is 0 Å². The normalized spacial score (nSPS) is 21.1. The highest BCUT2D eigenvalue weighted by atomic mass is 16.7. The van der Waals surface area contributed by atoms with E-state index in [1.54, 1.807) is 0 Å². The Morgan fingerprint density at radius 1 is 1.29 bits per heavy atom. The molecule has 1 amide bonds. The lowest BCUT2D eigenvalue weighted by Crippen LogP contribution is -2.45. The number of piperidine rings is 1. The van der Waals surface area contributed by atoms with E-state index in [1.807, 2.05) is 25.4 Å². The zero-order valence-electron chi connectivity index (χ0n) is 16.8. The molecule has 6 heteroatoms. The summed E-state index contributed by atoms with van der Waals surface area (Å²) in [5.41, 5.74) is 1.35. The highest BCUT2D eigenvalue weighted by Gasteiger charge is 2.33. The van der Waals surface area contributed by atoms with Crippen molar-refractivity contribution >= 4 is 5.91 Å². The first kappa shape index (κ1) is 18.8. The Kier molecular flexibility index (Phi) is 5.29. The van der Waals surface area contributed by atoms with Gasteiger partial charge >= 0.3 is 0 Å². The van der Waals surface area contributed by atoms with Crippen LogP contribution in [0.1, 0.15) is 44.0 Å². The van der Waals surface area contributed by atoms with Crippen LogP contribution in [0.3, 0.4) is 0 Å². The number of carbonyl (C=O) groups excluding carboxylic acids is 1. The second kappa shape index (κ2) is 7.86. The lowest BCUT2D eigenvalue weighted by molar-refractivity contribution is -0.134. The van der Waals surface area contributed by atoms with E-state index >= 15 is 0 Å². The molecular weight excluding hydrogens is 354 g/mol. The van der Waals surface area contributed by atoms with Crippen molar-refractivity contribution in [2.45, 2.75) is 52.5 Å². The SMILES string of the molecule is Cc1nccn1CCCC(=O)N1CCC[C@](C)(Cc2ccc3c(c2)OCO3)C1. The van der Waals surface area contributed by atoms with Crippen molar-refractivity contribution < 1.29 is 14.3 Å². The number of carbonyl (C=O) groups is 1. The summed E-state index contributed by atoms with van der Waals surface area (Å²) in [5.74, 6) is 2.93. The molecule has 4 rings (SSSR count). The van der Waals surface area contributed by atoms with Crippen molar-refractivity contribution in [1.29, 1.82) is 0 Å². The number of aromatic nitrogens is 2. The van der Waals surface area contributed by atoms with Crippen LogP contribution in [0.2, 0.25) is 0 Å². The van der Waals surface area contributed by atoms with Gasteiger partial charge in [0, 0.05) is 38.4 Å². The molecule has 0 N–H and O–H groups in total. The van der Waals surface area contributed by atoms with Gasteiger partial charge in [0.2, 0.25) is 12.7 Å². The molecule has 1 saturated heterocycles. The second-order valence-electron chi connectivity index (χ2n) is 8.37. The number of imidazole rings is 1. The first-order valence-electron chi connectivity index (χ1n) is 10.2. The molecule has 0 unspecified atom stereocenters. The fourth-order valence-electron chi connectivity index (χ4n) is 4.42. The Labute approximate surface area is 166 Å². The van der Waals surface area contributed by atoms with Crippen LogP contribution < -0.4 is 9.47 Å². The molecule has 2 aliphatic rings. The molecule has 0 aliphatic carbocycles. The summed E-state index contributed by atoms with van der Waals surface area (Å²) in [6, 6.07) is 6.19. The van der Waals surface area contributed by atoms with Gasteiger partial charge in [-0.25, -0.2) is 4.98 Å². The molecule has 1 fully saturated rings. The van der Waals surface area contributed by atoms with Gasteiger partial charge in [0.25, 0.3) is 0 Å². The van der Waals surface area contributed by atoms with Gasteiger partial charge in [0.1, 0.15) is 5.82 Å². The fourth-order valence-corrected chi connectivity index (χ4v) is 4.42. The Morgan fingerprint density at radius 2 is 2.14 bits per heavy atom. The van der Waals surface area contributed by atoms with Crippen LogP contribution >= 0.6 is 0 Å². The molecule has 0 saturated carbocycles. The van der Waals surface area contributed by atoms with E-state index in [-0.39, 0.29) is 11.3 Å². The van der Waals surface area contributed by atoms with Crippen LogP contribution in [0.5, 0.6) is 11.5 Å². The summed E-state index contributed by atoms with van der Waals surface area (Å²) >= 11 is 0. The Bertz CT molecular complexity index is 847. The molecular formula is C22H29N3O3. The second-order valence-corrected chi connectivity index (χ2v) is 8.37. The van der Waals surface area contributed by atoms with Crippen LogP contribution in [0.15, 0.2) is 30.6 Å². The Balaban J connectivity index is 1.32. The van der Waals surface area contributed by atoms with Crippen LogP contribution in [-0.4, -0.2) is 40.2 Å². The smallest absolute Gasteiger partial charge is 0.231 e. The zero-order valence-corrected chi connectivity index (χ0v) is 16.8. The molecule has 6 nitrogen and oxygen atoms in total. The molecule has 28 heavy (non-hydrogen) atoms. The lowest BCUT2D eigenvalue weighted by atomic mass is 9.77. The third-order valence-electron chi connectivity index (χ3n) is 5.91. The average Bonchev–Trinajstić information content (AvgIpc) is 3.30. The third kappa shape index (κ3) is 4.16. The number of rotatable bonds is 6. The predicted octanol–water partition coefficient (Wildman–Crippen LogP) is 3.57. The van der Waals surface area contributed by atoms with Crippen LogP contribution in [0.25, 0.3) is 0 Å². The molecule has 0 spiro atoms. The molecule has 3 heterocycles. The summed E-state index contributed by atoms with van der Waals surface area (Å²) in [7, 11) is 0. The maximum absolute atomic E-state index is 12.8. The predicted molar refractivity (Wildman–Crippen MR) is 106 cm³/mol. The van der Waals surface area contributed by atoms with Gasteiger partial charge in [-0.2, -0.15) is 0 Å². The Morgan fingerprint density at radius 3 is 2.96 bits per heavy atom. The molecule has 2 aromatic rings. The number of benzene rings is 1. The molecule has 0 bridgehead atoms. The van der Waals surface area contributed by atoms with Gasteiger partial charge in [-0.15, -0.1) is 0 Å². The summed E-state index contributed by atoms with van der Waals surface area (Å²) in [6.07, 6.45) is 8.38. The third-order valence-corrected chi connectivity index (χ3v) is 5.91. The monoisotopic (exact) mass is 383 g/mol. The lowest BCUT2D eigenvalue weighted by Gasteiger charge is -2.41. The van der Waals surface area contributed by atoms with Crippen molar-refractivity contribution in [3.8, 4) is 11.5 Å². The number of fused-ring (bicyclic) bond motifs is 1. The van der Waals surface area contributed by atoms with Gasteiger partial charge in [-0.3, -0.25) is 4.79 Å². The van der Waals surface area contributed by atoms with E-state index in [2.05, 4.69) is 33.5 Å². The summed E-state index contributed by atoms with van der Waals surface area (Å²) in [6.45, 7) is 7.14. The van der Waals surface area contributed by atoms with Gasteiger partial charge in [0.15, 0.2) is 11.5 Å². The minimum atomic E-state index is 0.0997. The van der Waals surface area contributed by atoms with E-state index in [9.17, 15) is 4.79 Å². The Hall–Kier alpha value is -2.50. The number of likely N-dealkylation sites (tertiary alicyclic amines) is 1. The van der Waals surface area contributed by atoms with E-state index in [0.29, 0.717) is 13.2 Å². The molecule has 150 valence electrons. The summed E-state index contributed by atoms with van der Waals surface area (Å²) < 4.78 is 13.0. The maximum atomic E-state index is 12.8. The molecule has 1 atom stereocenters. The van der Waals surface area contributed by atoms with Crippen molar-refractivity contribution in [3.05, 3.63) is 42.0 Å². The standard InChI is InChI=1S/C22H29N3O3/c1-17-23-9-12-24(17)10-3-5-21(26)25-11-4-8-22(2,15-25)14-18-6-7-19-20(13-18)28-16-27-19/h6-7,9,12-13H,3-5,8,10-11,14-16H2,1-2H3/t22-/m1/s1. The quantitative estimate of drug-likeness (QED) is 0.765. The summed E-state index contributed by atoms with van der Waals surface area (Å²) in [4.78, 5) is 19.1. The highest BCUT2D eigenvalue weighted by molar-refractivity contribution is 5.76. The maximum Gasteiger partial charge on any atom is 0.231 e. The van der Waals surface area contributed by atoms with Gasteiger partial charge < -0.3 is 18.9 Å². The first-order chi connectivity index (χ1) is 13.5. The largest absolute Gasteiger partial charge is 0.454 e. The van der Waals surface area contributed by atoms with Crippen molar-refractivity contribution in [1.82, 2.24) is 14.5 Å². The van der Waals surface area contributed by atoms with Crippen molar-refractivity contribution in [3.63, 3.8) is 0 Å². The number of ether oxygens (including phenoxy) is 2. The van der Waals surface area contributed by atoms with E-state index in [4.69, 9.17) is 9.47 Å². The number of nitrogens with zero attached hydrogens (tertiary/aromatic N) is 3. The van der Waals surface area contributed by atoms with Crippen LogP contribution in [0, 0.1) is 12.3 Å². The van der Waals surface area contributed by atoms with E-state index in [1.165, 1.54) is 5.56 Å². The van der Waals surface area contributed by atoms with Crippen LogP contribution in [-0.2, 0) is 17.8 Å². The number of amides is 1. The number of hydrogen-bond acceptors (Lipinski definition) is 4. The van der Waals surface area contributed by atoms with Gasteiger partial charge in [-0.05, 0) is 55.7 Å². The highest BCUT2D eigenvalue weighted by Crippen LogP contribution is 2.37. The van der Waals surface area contributed by atoms with E-state index in [0.717, 1.165) is 62.6 Å². The fraction of sp³-hybridized carbons (Fsp3) is 0.545. The van der Waals surface area contributed by atoms with Crippen molar-refractivity contribution in [2.24, 2.45) is 5.41 Å². The molecule has 1 aromatic heterocycles.